The second-order valence-corrected chi connectivity index (χ2v) is 7.96. The molecule has 0 bridgehead atoms. The van der Waals surface area contributed by atoms with Crippen LogP contribution in [0.4, 0.5) is 13.2 Å². The molecule has 0 radical (unpaired) electrons. The SMILES string of the molecule is CC1(C)CC(C2CC(C)(C(=O)Cl)CC2C(F)(F)F)CCN1. The number of nitrogens with one attached hydrogen (secondary N) is 1. The number of halogens is 4. The molecule has 21 heavy (non-hydrogen) atoms. The lowest BCUT2D eigenvalue weighted by molar-refractivity contribution is -0.190. The molecule has 6 heteroatoms. The minimum Gasteiger partial charge on any atom is -0.312 e. The normalized spacial score (nSPS) is 40.2. The van der Waals surface area contributed by atoms with E-state index in [4.69, 9.17) is 11.6 Å². The fraction of sp³-hybridized carbons (Fsp3) is 0.933. The van der Waals surface area contributed by atoms with Crippen LogP contribution in [-0.4, -0.2) is 23.5 Å². The van der Waals surface area contributed by atoms with Crippen LogP contribution in [0.15, 0.2) is 0 Å². The molecule has 0 aromatic carbocycles. The lowest BCUT2D eigenvalue weighted by Gasteiger charge is -2.41. The summed E-state index contributed by atoms with van der Waals surface area (Å²) in [5, 5.41) is 2.70. The van der Waals surface area contributed by atoms with Crippen LogP contribution in [0.2, 0.25) is 0 Å². The number of hydrogen-bond acceptors (Lipinski definition) is 2. The zero-order valence-electron chi connectivity index (χ0n) is 12.7. The van der Waals surface area contributed by atoms with E-state index in [1.165, 1.54) is 0 Å². The molecule has 0 aromatic heterocycles. The first-order valence-electron chi connectivity index (χ1n) is 7.46. The molecule has 2 nitrogen and oxygen atoms in total. The van der Waals surface area contributed by atoms with Crippen molar-refractivity contribution in [3.63, 3.8) is 0 Å². The second-order valence-electron chi connectivity index (χ2n) is 7.62. The topological polar surface area (TPSA) is 29.1 Å². The van der Waals surface area contributed by atoms with Crippen molar-refractivity contribution in [3.8, 4) is 0 Å². The number of rotatable bonds is 2. The third kappa shape index (κ3) is 3.55. The Morgan fingerprint density at radius 3 is 2.29 bits per heavy atom. The summed E-state index contributed by atoms with van der Waals surface area (Å²) in [6, 6.07) is 0. The Morgan fingerprint density at radius 2 is 1.81 bits per heavy atom. The number of alkyl halides is 3. The van der Waals surface area contributed by atoms with Crippen molar-refractivity contribution in [1.29, 1.82) is 0 Å². The molecule has 0 aromatic rings. The van der Waals surface area contributed by atoms with Gasteiger partial charge in [0, 0.05) is 11.0 Å². The summed E-state index contributed by atoms with van der Waals surface area (Å²) in [5.41, 5.74) is -1.19. The highest BCUT2D eigenvalue weighted by Gasteiger charge is 2.58. The summed E-state index contributed by atoms with van der Waals surface area (Å²) < 4.78 is 40.2. The zero-order chi connectivity index (χ0) is 16.1. The zero-order valence-corrected chi connectivity index (χ0v) is 13.4. The lowest BCUT2D eigenvalue weighted by atomic mass is 9.73. The Kier molecular flexibility index (Phi) is 4.40. The maximum Gasteiger partial charge on any atom is 0.392 e. The van der Waals surface area contributed by atoms with E-state index in [2.05, 4.69) is 5.32 Å². The highest BCUT2D eigenvalue weighted by atomic mass is 35.5. The first kappa shape index (κ1) is 17.1. The van der Waals surface area contributed by atoms with Crippen molar-refractivity contribution in [2.24, 2.45) is 23.2 Å². The van der Waals surface area contributed by atoms with Crippen molar-refractivity contribution < 1.29 is 18.0 Å². The smallest absolute Gasteiger partial charge is 0.312 e. The van der Waals surface area contributed by atoms with Gasteiger partial charge in [0.25, 0.3) is 0 Å². The van der Waals surface area contributed by atoms with Crippen molar-refractivity contribution in [1.82, 2.24) is 5.32 Å². The summed E-state index contributed by atoms with van der Waals surface area (Å²) in [6.07, 6.45) is -2.75. The standard InChI is InChI=1S/C15H23ClF3NO/c1-13(2)6-9(4-5-20-13)10-7-14(3,12(16)21)8-11(10)15(17,18)19/h9-11,20H,4-8H2,1-3H3. The van der Waals surface area contributed by atoms with Crippen LogP contribution in [-0.2, 0) is 4.79 Å². The van der Waals surface area contributed by atoms with Gasteiger partial charge in [-0.2, -0.15) is 13.2 Å². The van der Waals surface area contributed by atoms with Crippen LogP contribution in [0.3, 0.4) is 0 Å². The van der Waals surface area contributed by atoms with E-state index in [-0.39, 0.29) is 24.3 Å². The van der Waals surface area contributed by atoms with Crippen molar-refractivity contribution in [2.75, 3.05) is 6.54 Å². The molecule has 4 atom stereocenters. The molecular formula is C15H23ClF3NO. The average molecular weight is 326 g/mol. The first-order chi connectivity index (χ1) is 9.45. The number of hydrogen-bond donors (Lipinski definition) is 1. The van der Waals surface area contributed by atoms with Gasteiger partial charge in [0.1, 0.15) is 0 Å². The maximum absolute atomic E-state index is 13.4. The molecule has 0 spiro atoms. The van der Waals surface area contributed by atoms with Gasteiger partial charge in [-0.25, -0.2) is 0 Å². The summed E-state index contributed by atoms with van der Waals surface area (Å²) in [7, 11) is 0. The van der Waals surface area contributed by atoms with Gasteiger partial charge in [0.05, 0.1) is 5.92 Å². The van der Waals surface area contributed by atoms with Crippen LogP contribution in [0.5, 0.6) is 0 Å². The van der Waals surface area contributed by atoms with Gasteiger partial charge in [-0.05, 0) is 69.5 Å². The van der Waals surface area contributed by atoms with E-state index in [1.807, 2.05) is 13.8 Å². The van der Waals surface area contributed by atoms with Crippen LogP contribution >= 0.6 is 11.6 Å². The molecule has 4 unspecified atom stereocenters. The Labute approximate surface area is 128 Å². The lowest BCUT2D eigenvalue weighted by Crippen LogP contribution is -2.48. The van der Waals surface area contributed by atoms with Crippen LogP contribution < -0.4 is 5.32 Å². The quantitative estimate of drug-likeness (QED) is 0.774. The van der Waals surface area contributed by atoms with Gasteiger partial charge < -0.3 is 5.32 Å². The molecule has 1 aliphatic carbocycles. The van der Waals surface area contributed by atoms with E-state index in [1.54, 1.807) is 6.92 Å². The van der Waals surface area contributed by atoms with Gasteiger partial charge in [-0.15, -0.1) is 0 Å². The molecule has 0 amide bonds. The van der Waals surface area contributed by atoms with Crippen molar-refractivity contribution in [2.45, 2.75) is 58.2 Å². The summed E-state index contributed by atoms with van der Waals surface area (Å²) in [5.74, 6) is -1.92. The minimum absolute atomic E-state index is 0.00860. The highest BCUT2D eigenvalue weighted by Crippen LogP contribution is 2.56. The first-order valence-corrected chi connectivity index (χ1v) is 7.84. The number of carbonyl (C=O) groups is 1. The maximum atomic E-state index is 13.4. The molecule has 1 N–H and O–H groups in total. The molecule has 2 fully saturated rings. The summed E-state index contributed by atoms with van der Waals surface area (Å²) in [6.45, 7) is 6.34. The number of piperidine rings is 1. The van der Waals surface area contributed by atoms with Crippen molar-refractivity contribution >= 4 is 16.8 Å². The van der Waals surface area contributed by atoms with Gasteiger partial charge in [-0.1, -0.05) is 6.92 Å². The Balaban J connectivity index is 2.25. The summed E-state index contributed by atoms with van der Waals surface area (Å²) >= 11 is 5.58. The molecule has 1 saturated heterocycles. The third-order valence-electron chi connectivity index (χ3n) is 5.27. The van der Waals surface area contributed by atoms with Gasteiger partial charge in [-0.3, -0.25) is 4.79 Å². The molecular weight excluding hydrogens is 303 g/mol. The van der Waals surface area contributed by atoms with E-state index in [0.717, 1.165) is 13.0 Å². The molecule has 122 valence electrons. The molecule has 1 aliphatic heterocycles. The average Bonchev–Trinajstić information content (AvgIpc) is 2.67. The Hall–Kier alpha value is -0.290. The summed E-state index contributed by atoms with van der Waals surface area (Å²) in [4.78, 5) is 11.6. The van der Waals surface area contributed by atoms with Crippen LogP contribution in [0, 0.1) is 23.2 Å². The highest BCUT2D eigenvalue weighted by molar-refractivity contribution is 6.64. The van der Waals surface area contributed by atoms with Gasteiger partial charge in [0.2, 0.25) is 5.24 Å². The van der Waals surface area contributed by atoms with Crippen LogP contribution in [0.25, 0.3) is 0 Å². The van der Waals surface area contributed by atoms with Gasteiger partial charge >= 0.3 is 6.18 Å². The Morgan fingerprint density at radius 1 is 1.19 bits per heavy atom. The van der Waals surface area contributed by atoms with E-state index >= 15 is 0 Å². The minimum atomic E-state index is -4.26. The predicted octanol–water partition coefficient (Wildman–Crippen LogP) is 4.12. The molecule has 1 saturated carbocycles. The van der Waals surface area contributed by atoms with Crippen molar-refractivity contribution in [3.05, 3.63) is 0 Å². The predicted molar refractivity (Wildman–Crippen MR) is 76.0 cm³/mol. The molecule has 2 aliphatic rings. The van der Waals surface area contributed by atoms with E-state index in [0.29, 0.717) is 6.42 Å². The molecule has 2 rings (SSSR count). The number of carbonyl (C=O) groups excluding carboxylic acids is 1. The molecule has 1 heterocycles. The van der Waals surface area contributed by atoms with Crippen LogP contribution in [0.1, 0.15) is 46.5 Å². The Bertz CT molecular complexity index is 424. The fourth-order valence-electron chi connectivity index (χ4n) is 4.19. The monoisotopic (exact) mass is 325 g/mol. The second kappa shape index (κ2) is 5.41. The fourth-order valence-corrected chi connectivity index (χ4v) is 4.34. The van der Waals surface area contributed by atoms with E-state index < -0.39 is 28.7 Å². The third-order valence-corrected chi connectivity index (χ3v) is 5.72. The van der Waals surface area contributed by atoms with Gasteiger partial charge in [0.15, 0.2) is 0 Å². The largest absolute Gasteiger partial charge is 0.392 e. The van der Waals surface area contributed by atoms with E-state index in [9.17, 15) is 18.0 Å².